The molecule has 0 atom stereocenters. The second-order valence-electron chi connectivity index (χ2n) is 9.28. The smallest absolute Gasteiger partial charge is 0.214 e. The SMILES string of the molecule is Cc1ccc2cc[c]([Sn]([CH3])([CH3])[CH3])cc2c1.Cc1ccc2ccc(S(=O)(=O)C(F)(F)F)cc2c1. The Morgan fingerprint density at radius 3 is 1.58 bits per heavy atom. The van der Waals surface area contributed by atoms with Crippen molar-refractivity contribution in [2.45, 2.75) is 39.1 Å². The Labute approximate surface area is 197 Å². The zero-order chi connectivity index (χ0) is 24.6. The van der Waals surface area contributed by atoms with Gasteiger partial charge in [0.15, 0.2) is 0 Å². The molecule has 0 radical (unpaired) electrons. The molecule has 0 fully saturated rings. The molecular formula is C26H27F3O2SSn. The van der Waals surface area contributed by atoms with E-state index in [1.54, 1.807) is 28.7 Å². The molecule has 0 heterocycles. The summed E-state index contributed by atoms with van der Waals surface area (Å²) < 4.78 is 61.4. The number of halogens is 3. The standard InChI is InChI=1S/C12H9F3O2S.C11H9.3CH3.Sn/c1-8-2-3-9-4-5-11(7-10(9)6-8)18(16,17)12(13,14)15;1-9-6-7-10-4-2-3-5-11(10)8-9;;;;/h2-7H,1H3;2,4-8H,1H3;3*1H3;. The zero-order valence-electron chi connectivity index (χ0n) is 19.3. The van der Waals surface area contributed by atoms with Gasteiger partial charge in [-0.2, -0.15) is 13.2 Å². The first kappa shape index (κ1) is 25.6. The molecule has 0 saturated heterocycles. The van der Waals surface area contributed by atoms with Crippen molar-refractivity contribution in [1.29, 1.82) is 0 Å². The Bertz CT molecular complexity index is 1420. The number of benzene rings is 4. The normalized spacial score (nSPS) is 12.5. The summed E-state index contributed by atoms with van der Waals surface area (Å²) in [6.07, 6.45) is 0. The van der Waals surface area contributed by atoms with Gasteiger partial charge in [0.05, 0.1) is 4.90 Å². The minimum Gasteiger partial charge on any atom is -0.214 e. The molecule has 0 aromatic heterocycles. The Morgan fingerprint density at radius 1 is 0.636 bits per heavy atom. The second kappa shape index (κ2) is 9.29. The van der Waals surface area contributed by atoms with Crippen LogP contribution in [0.25, 0.3) is 21.5 Å². The van der Waals surface area contributed by atoms with Crippen LogP contribution in [0.1, 0.15) is 11.1 Å². The van der Waals surface area contributed by atoms with E-state index in [-0.39, 0.29) is 0 Å². The van der Waals surface area contributed by atoms with Gasteiger partial charge >= 0.3 is 102 Å². The van der Waals surface area contributed by atoms with E-state index in [2.05, 4.69) is 58.1 Å². The Kier molecular flexibility index (Phi) is 7.20. The molecule has 0 bridgehead atoms. The zero-order valence-corrected chi connectivity index (χ0v) is 23.0. The Hall–Kier alpha value is -2.06. The summed E-state index contributed by atoms with van der Waals surface area (Å²) in [4.78, 5) is 6.66. The fraction of sp³-hybridized carbons (Fsp3) is 0.231. The number of fused-ring (bicyclic) bond motifs is 2. The van der Waals surface area contributed by atoms with E-state index in [1.165, 1.54) is 22.4 Å². The van der Waals surface area contributed by atoms with E-state index in [1.807, 2.05) is 0 Å². The third-order valence-corrected chi connectivity index (χ3v) is 12.8. The minimum atomic E-state index is -5.28. The van der Waals surface area contributed by atoms with E-state index in [9.17, 15) is 21.6 Å². The Morgan fingerprint density at radius 2 is 1.09 bits per heavy atom. The van der Waals surface area contributed by atoms with Crippen molar-refractivity contribution in [3.63, 3.8) is 0 Å². The summed E-state index contributed by atoms with van der Waals surface area (Å²) in [7, 11) is -5.28. The molecule has 0 aliphatic heterocycles. The van der Waals surface area contributed by atoms with Gasteiger partial charge in [0.1, 0.15) is 0 Å². The molecule has 4 aromatic carbocycles. The van der Waals surface area contributed by atoms with Crippen molar-refractivity contribution in [3.8, 4) is 0 Å². The largest absolute Gasteiger partial charge is 0.501 e. The predicted molar refractivity (Wildman–Crippen MR) is 134 cm³/mol. The van der Waals surface area contributed by atoms with Crippen LogP contribution >= 0.6 is 0 Å². The summed E-state index contributed by atoms with van der Waals surface area (Å²) in [5, 5.41) is 3.93. The number of sulfone groups is 1. The number of rotatable bonds is 2. The average Bonchev–Trinajstić information content (AvgIpc) is 2.71. The second-order valence-corrected chi connectivity index (χ2v) is 25.7. The van der Waals surface area contributed by atoms with Gasteiger partial charge in [0.25, 0.3) is 9.84 Å². The van der Waals surface area contributed by atoms with Gasteiger partial charge in [-0.25, -0.2) is 8.42 Å². The maximum Gasteiger partial charge on any atom is 0.501 e. The molecule has 2 nitrogen and oxygen atoms in total. The number of hydrogen-bond acceptors (Lipinski definition) is 2. The molecule has 4 rings (SSSR count). The van der Waals surface area contributed by atoms with Crippen LogP contribution in [0.4, 0.5) is 13.2 Å². The van der Waals surface area contributed by atoms with E-state index < -0.39 is 38.6 Å². The number of hydrogen-bond donors (Lipinski definition) is 0. The average molecular weight is 579 g/mol. The van der Waals surface area contributed by atoms with Gasteiger partial charge < -0.3 is 0 Å². The summed E-state index contributed by atoms with van der Waals surface area (Å²) in [6, 6.07) is 22.3. The molecule has 174 valence electrons. The first-order valence-electron chi connectivity index (χ1n) is 10.5. The fourth-order valence-electron chi connectivity index (χ4n) is 3.48. The fourth-order valence-corrected chi connectivity index (χ4v) is 7.62. The van der Waals surface area contributed by atoms with Crippen molar-refractivity contribution in [1.82, 2.24) is 0 Å². The van der Waals surface area contributed by atoms with Crippen molar-refractivity contribution in [2.75, 3.05) is 0 Å². The van der Waals surface area contributed by atoms with Crippen molar-refractivity contribution < 1.29 is 21.6 Å². The van der Waals surface area contributed by atoms with Gasteiger partial charge in [0.2, 0.25) is 0 Å². The molecule has 0 aliphatic carbocycles. The molecule has 0 N–H and O–H groups in total. The van der Waals surface area contributed by atoms with Crippen molar-refractivity contribution >= 4 is 53.3 Å². The summed E-state index contributed by atoms with van der Waals surface area (Å²) in [5.74, 6) is 0. The van der Waals surface area contributed by atoms with Crippen molar-refractivity contribution in [2.24, 2.45) is 0 Å². The molecule has 0 amide bonds. The van der Waals surface area contributed by atoms with E-state index in [0.717, 1.165) is 17.7 Å². The summed E-state index contributed by atoms with van der Waals surface area (Å²) >= 11 is -1.89. The minimum absolute atomic E-state index is 0.473. The van der Waals surface area contributed by atoms with Crippen LogP contribution in [0, 0.1) is 13.8 Å². The molecule has 0 spiro atoms. The topological polar surface area (TPSA) is 34.1 Å². The van der Waals surface area contributed by atoms with Crippen LogP contribution in [0.3, 0.4) is 0 Å². The van der Waals surface area contributed by atoms with Gasteiger partial charge in [-0.3, -0.25) is 0 Å². The Balaban J connectivity index is 0.000000189. The van der Waals surface area contributed by atoms with Gasteiger partial charge in [0, 0.05) is 0 Å². The molecule has 4 aromatic rings. The van der Waals surface area contributed by atoms with Crippen LogP contribution in [0.15, 0.2) is 77.7 Å². The van der Waals surface area contributed by atoms with E-state index >= 15 is 0 Å². The maximum absolute atomic E-state index is 12.4. The van der Waals surface area contributed by atoms with Crippen LogP contribution in [-0.4, -0.2) is 32.3 Å². The third kappa shape index (κ3) is 5.90. The summed E-state index contributed by atoms with van der Waals surface area (Å²) in [5.41, 5.74) is -3.07. The maximum atomic E-state index is 12.4. The van der Waals surface area contributed by atoms with Gasteiger partial charge in [-0.1, -0.05) is 29.8 Å². The van der Waals surface area contributed by atoms with Crippen molar-refractivity contribution in [3.05, 3.63) is 83.9 Å². The van der Waals surface area contributed by atoms with E-state index in [4.69, 9.17) is 0 Å². The van der Waals surface area contributed by atoms with E-state index in [0.29, 0.717) is 10.8 Å². The number of alkyl halides is 3. The van der Waals surface area contributed by atoms with Crippen LogP contribution in [0.5, 0.6) is 0 Å². The first-order chi connectivity index (χ1) is 15.2. The summed E-state index contributed by atoms with van der Waals surface area (Å²) in [6.45, 7) is 3.94. The predicted octanol–water partition coefficient (Wildman–Crippen LogP) is 7.14. The molecule has 0 saturated carbocycles. The quantitative estimate of drug-likeness (QED) is 0.237. The molecular weight excluding hydrogens is 552 g/mol. The molecule has 0 aliphatic rings. The molecule has 0 unspecified atom stereocenters. The van der Waals surface area contributed by atoms with Gasteiger partial charge in [-0.15, -0.1) is 0 Å². The third-order valence-electron chi connectivity index (χ3n) is 5.44. The van der Waals surface area contributed by atoms with Crippen LogP contribution < -0.4 is 3.58 Å². The number of aryl methyl sites for hydroxylation is 2. The molecule has 7 heteroatoms. The molecule has 33 heavy (non-hydrogen) atoms. The van der Waals surface area contributed by atoms with Crippen LogP contribution in [0.2, 0.25) is 14.8 Å². The van der Waals surface area contributed by atoms with Crippen LogP contribution in [-0.2, 0) is 9.84 Å². The van der Waals surface area contributed by atoms with Gasteiger partial charge in [-0.05, 0) is 29.8 Å². The monoisotopic (exact) mass is 580 g/mol. The first-order valence-corrected chi connectivity index (χ1v) is 22.0.